The summed E-state index contributed by atoms with van der Waals surface area (Å²) >= 11 is 0. The first-order chi connectivity index (χ1) is 9.69. The van der Waals surface area contributed by atoms with E-state index < -0.39 is 0 Å². The Morgan fingerprint density at radius 2 is 2.10 bits per heavy atom. The van der Waals surface area contributed by atoms with Crippen LogP contribution in [0.3, 0.4) is 0 Å². The first-order valence-corrected chi connectivity index (χ1v) is 7.02. The van der Waals surface area contributed by atoms with E-state index in [4.69, 9.17) is 4.74 Å². The van der Waals surface area contributed by atoms with Crippen LogP contribution >= 0.6 is 0 Å². The highest BCUT2D eigenvalue weighted by atomic mass is 16.5. The zero-order valence-electron chi connectivity index (χ0n) is 12.3. The molecule has 2 aromatic rings. The Balaban J connectivity index is 2.03. The summed E-state index contributed by atoms with van der Waals surface area (Å²) in [4.78, 5) is 0. The van der Waals surface area contributed by atoms with Gasteiger partial charge in [-0.1, -0.05) is 37.3 Å². The molecule has 0 saturated heterocycles. The summed E-state index contributed by atoms with van der Waals surface area (Å²) in [7, 11) is 0. The SMILES string of the molecule is CCOc1ccccc1Cn1cc(CNC(C)C)nn1. The zero-order valence-corrected chi connectivity index (χ0v) is 12.3. The van der Waals surface area contributed by atoms with Crippen molar-refractivity contribution in [2.75, 3.05) is 6.61 Å². The second-order valence-electron chi connectivity index (χ2n) is 4.98. The molecule has 1 N–H and O–H groups in total. The van der Waals surface area contributed by atoms with Gasteiger partial charge in [0.15, 0.2) is 0 Å². The van der Waals surface area contributed by atoms with Gasteiger partial charge in [0.1, 0.15) is 5.75 Å². The third-order valence-corrected chi connectivity index (χ3v) is 2.88. The van der Waals surface area contributed by atoms with Crippen LogP contribution in [-0.2, 0) is 13.1 Å². The van der Waals surface area contributed by atoms with E-state index in [-0.39, 0.29) is 0 Å². The van der Waals surface area contributed by atoms with Gasteiger partial charge < -0.3 is 10.1 Å². The van der Waals surface area contributed by atoms with Gasteiger partial charge in [0, 0.05) is 18.2 Å². The molecule has 0 amide bonds. The van der Waals surface area contributed by atoms with E-state index in [1.807, 2.05) is 36.0 Å². The van der Waals surface area contributed by atoms with E-state index in [1.54, 1.807) is 0 Å². The summed E-state index contributed by atoms with van der Waals surface area (Å²) in [5.74, 6) is 0.910. The van der Waals surface area contributed by atoms with Gasteiger partial charge in [-0.2, -0.15) is 0 Å². The van der Waals surface area contributed by atoms with Gasteiger partial charge in [-0.05, 0) is 13.0 Å². The lowest BCUT2D eigenvalue weighted by Gasteiger charge is -2.09. The Morgan fingerprint density at radius 3 is 2.85 bits per heavy atom. The summed E-state index contributed by atoms with van der Waals surface area (Å²) < 4.78 is 7.46. The normalized spacial score (nSPS) is 11.0. The molecule has 0 bridgehead atoms. The summed E-state index contributed by atoms with van der Waals surface area (Å²) in [5.41, 5.74) is 2.07. The van der Waals surface area contributed by atoms with Crippen molar-refractivity contribution in [2.45, 2.75) is 39.9 Å². The minimum atomic E-state index is 0.443. The summed E-state index contributed by atoms with van der Waals surface area (Å²) in [6.07, 6.45) is 1.97. The number of para-hydroxylation sites is 1. The number of hydrogen-bond acceptors (Lipinski definition) is 4. The maximum Gasteiger partial charge on any atom is 0.124 e. The Hall–Kier alpha value is -1.88. The lowest BCUT2D eigenvalue weighted by atomic mass is 10.2. The topological polar surface area (TPSA) is 52.0 Å². The lowest BCUT2D eigenvalue weighted by molar-refractivity contribution is 0.335. The molecule has 0 aliphatic carbocycles. The highest BCUT2D eigenvalue weighted by Crippen LogP contribution is 2.18. The number of aromatic nitrogens is 3. The summed E-state index contributed by atoms with van der Waals surface area (Å²) in [6, 6.07) is 8.47. The molecule has 1 heterocycles. The molecular formula is C15H22N4O. The van der Waals surface area contributed by atoms with E-state index >= 15 is 0 Å². The first kappa shape index (κ1) is 14.5. The van der Waals surface area contributed by atoms with Crippen molar-refractivity contribution in [3.8, 4) is 5.75 Å². The van der Waals surface area contributed by atoms with Crippen LogP contribution in [0, 0.1) is 0 Å². The average Bonchev–Trinajstić information content (AvgIpc) is 2.87. The lowest BCUT2D eigenvalue weighted by Crippen LogP contribution is -2.21. The van der Waals surface area contributed by atoms with Crippen molar-refractivity contribution in [3.63, 3.8) is 0 Å². The standard InChI is InChI=1S/C15H22N4O/c1-4-20-15-8-6-5-7-13(15)10-19-11-14(17-18-19)9-16-12(2)3/h5-8,11-12,16H,4,9-10H2,1-3H3. The van der Waals surface area contributed by atoms with Crippen molar-refractivity contribution >= 4 is 0 Å². The fraction of sp³-hybridized carbons (Fsp3) is 0.467. The largest absolute Gasteiger partial charge is 0.494 e. The predicted octanol–water partition coefficient (Wildman–Crippen LogP) is 2.22. The highest BCUT2D eigenvalue weighted by Gasteiger charge is 2.06. The second-order valence-corrected chi connectivity index (χ2v) is 4.98. The van der Waals surface area contributed by atoms with Crippen LogP contribution < -0.4 is 10.1 Å². The van der Waals surface area contributed by atoms with Gasteiger partial charge in [0.2, 0.25) is 0 Å². The fourth-order valence-electron chi connectivity index (χ4n) is 1.91. The molecular weight excluding hydrogens is 252 g/mol. The number of ether oxygens (including phenoxy) is 1. The molecule has 108 valence electrons. The second kappa shape index (κ2) is 7.05. The summed E-state index contributed by atoms with van der Waals surface area (Å²) in [5, 5.41) is 11.7. The maximum atomic E-state index is 5.62. The fourth-order valence-corrected chi connectivity index (χ4v) is 1.91. The molecule has 5 nitrogen and oxygen atoms in total. The Morgan fingerprint density at radius 1 is 1.30 bits per heavy atom. The van der Waals surface area contributed by atoms with Gasteiger partial charge in [0.25, 0.3) is 0 Å². The molecule has 0 fully saturated rings. The number of nitrogens with zero attached hydrogens (tertiary/aromatic N) is 3. The van der Waals surface area contributed by atoms with Gasteiger partial charge in [-0.3, -0.25) is 0 Å². The Bertz CT molecular complexity index is 536. The van der Waals surface area contributed by atoms with Crippen LogP contribution in [-0.4, -0.2) is 27.6 Å². The molecule has 2 rings (SSSR count). The minimum Gasteiger partial charge on any atom is -0.494 e. The number of nitrogens with one attached hydrogen (secondary N) is 1. The molecule has 0 aliphatic rings. The van der Waals surface area contributed by atoms with Crippen molar-refractivity contribution in [1.82, 2.24) is 20.3 Å². The van der Waals surface area contributed by atoms with Crippen LogP contribution in [0.4, 0.5) is 0 Å². The van der Waals surface area contributed by atoms with Gasteiger partial charge in [0.05, 0.1) is 25.0 Å². The quantitative estimate of drug-likeness (QED) is 0.841. The van der Waals surface area contributed by atoms with Crippen molar-refractivity contribution in [2.24, 2.45) is 0 Å². The third kappa shape index (κ3) is 4.06. The van der Waals surface area contributed by atoms with E-state index in [0.29, 0.717) is 19.2 Å². The van der Waals surface area contributed by atoms with Gasteiger partial charge in [-0.15, -0.1) is 5.10 Å². The Kier molecular flexibility index (Phi) is 5.12. The van der Waals surface area contributed by atoms with Crippen LogP contribution in [0.5, 0.6) is 5.75 Å². The Labute approximate surface area is 120 Å². The van der Waals surface area contributed by atoms with E-state index in [1.165, 1.54) is 0 Å². The van der Waals surface area contributed by atoms with Crippen molar-refractivity contribution in [3.05, 3.63) is 41.7 Å². The van der Waals surface area contributed by atoms with Gasteiger partial charge >= 0.3 is 0 Å². The average molecular weight is 274 g/mol. The monoisotopic (exact) mass is 274 g/mol. The third-order valence-electron chi connectivity index (χ3n) is 2.88. The number of rotatable bonds is 7. The molecule has 1 aromatic carbocycles. The van der Waals surface area contributed by atoms with Crippen molar-refractivity contribution in [1.29, 1.82) is 0 Å². The number of hydrogen-bond donors (Lipinski definition) is 1. The van der Waals surface area contributed by atoms with Crippen LogP contribution in [0.1, 0.15) is 32.0 Å². The smallest absolute Gasteiger partial charge is 0.124 e. The molecule has 0 aliphatic heterocycles. The van der Waals surface area contributed by atoms with Gasteiger partial charge in [-0.25, -0.2) is 4.68 Å². The molecule has 1 aromatic heterocycles. The molecule has 0 radical (unpaired) electrons. The minimum absolute atomic E-state index is 0.443. The summed E-state index contributed by atoms with van der Waals surface area (Å²) in [6.45, 7) is 8.29. The van der Waals surface area contributed by atoms with E-state index in [9.17, 15) is 0 Å². The molecule has 0 unspecified atom stereocenters. The predicted molar refractivity (Wildman–Crippen MR) is 78.7 cm³/mol. The van der Waals surface area contributed by atoms with E-state index in [0.717, 1.165) is 23.6 Å². The number of benzene rings is 1. The molecule has 0 spiro atoms. The highest BCUT2D eigenvalue weighted by molar-refractivity contribution is 5.33. The van der Waals surface area contributed by atoms with E-state index in [2.05, 4.69) is 35.5 Å². The zero-order chi connectivity index (χ0) is 14.4. The van der Waals surface area contributed by atoms with Crippen LogP contribution in [0.2, 0.25) is 0 Å². The van der Waals surface area contributed by atoms with Crippen LogP contribution in [0.15, 0.2) is 30.5 Å². The molecule has 20 heavy (non-hydrogen) atoms. The van der Waals surface area contributed by atoms with Crippen LogP contribution in [0.25, 0.3) is 0 Å². The molecule has 0 saturated carbocycles. The molecule has 5 heteroatoms. The van der Waals surface area contributed by atoms with Crippen molar-refractivity contribution < 1.29 is 4.74 Å². The first-order valence-electron chi connectivity index (χ1n) is 7.02. The molecule has 0 atom stereocenters. The maximum absolute atomic E-state index is 5.62.